The molecule has 1 fully saturated rings. The van der Waals surface area contributed by atoms with Gasteiger partial charge in [-0.2, -0.15) is 18.2 Å². The minimum Gasteiger partial charge on any atom is -0.396 e. The summed E-state index contributed by atoms with van der Waals surface area (Å²) >= 11 is 7.72. The second-order valence-corrected chi connectivity index (χ2v) is 9.20. The number of nitrogens with one attached hydrogen (secondary N) is 2. The van der Waals surface area contributed by atoms with Crippen LogP contribution in [-0.4, -0.2) is 61.4 Å². The van der Waals surface area contributed by atoms with Gasteiger partial charge < -0.3 is 26.0 Å². The number of anilines is 2. The Morgan fingerprint density at radius 3 is 2.64 bits per heavy atom. The Hall–Kier alpha value is -2.25. The van der Waals surface area contributed by atoms with Crippen LogP contribution in [0.1, 0.15) is 19.3 Å². The van der Waals surface area contributed by atoms with Crippen molar-refractivity contribution in [1.82, 2.24) is 15.0 Å². The van der Waals surface area contributed by atoms with Gasteiger partial charge >= 0.3 is 6.18 Å². The lowest BCUT2D eigenvalue weighted by Crippen LogP contribution is -2.48. The predicted molar refractivity (Wildman–Crippen MR) is 119 cm³/mol. The fourth-order valence-electron chi connectivity index (χ4n) is 3.72. The molecule has 8 nitrogen and oxygen atoms in total. The van der Waals surface area contributed by atoms with Crippen LogP contribution in [-0.2, 0) is 0 Å². The van der Waals surface area contributed by atoms with Crippen molar-refractivity contribution in [3.05, 3.63) is 29.4 Å². The highest BCUT2D eigenvalue weighted by atomic mass is 35.5. The lowest BCUT2D eigenvalue weighted by Gasteiger charge is -2.30. The number of halogens is 4. The maximum Gasteiger partial charge on any atom is 0.390 e. The highest BCUT2D eigenvalue weighted by Crippen LogP contribution is 2.42. The maximum absolute atomic E-state index is 12.5. The molecule has 3 atom stereocenters. The number of hydrogen-bond donors (Lipinski definition) is 5. The monoisotopic (exact) mass is 503 g/mol. The maximum atomic E-state index is 12.5. The first-order valence-electron chi connectivity index (χ1n) is 10.1. The second kappa shape index (κ2) is 9.18. The van der Waals surface area contributed by atoms with Gasteiger partial charge in [0, 0.05) is 19.1 Å². The lowest BCUT2D eigenvalue weighted by molar-refractivity contribution is -0.131. The smallest absolute Gasteiger partial charge is 0.390 e. The summed E-state index contributed by atoms with van der Waals surface area (Å²) in [6.45, 7) is -0.788. The summed E-state index contributed by atoms with van der Waals surface area (Å²) in [5.41, 5.74) is -0.890. The molecule has 2 aromatic heterocycles. The number of alkyl halides is 3. The van der Waals surface area contributed by atoms with E-state index >= 15 is 0 Å². The van der Waals surface area contributed by atoms with Crippen molar-refractivity contribution < 1.29 is 28.5 Å². The standard InChI is InChI=1S/C20H21ClF3N5O3S/c21-15-13(17-26-11-3-1-2-4-12(11)33-17)16(28-18(27-15)25-8-7-20(22,23)24)29-19(32)6-5-10(9-30)14(19)31/h1-4,10,14,30-32H,5-9H2,(H2,25,27,28,29). The van der Waals surface area contributed by atoms with Gasteiger partial charge in [0.2, 0.25) is 5.95 Å². The van der Waals surface area contributed by atoms with Crippen molar-refractivity contribution in [2.24, 2.45) is 5.92 Å². The van der Waals surface area contributed by atoms with E-state index in [-0.39, 0.29) is 35.5 Å². The van der Waals surface area contributed by atoms with E-state index < -0.39 is 36.9 Å². The first-order chi connectivity index (χ1) is 15.6. The van der Waals surface area contributed by atoms with Crippen molar-refractivity contribution in [1.29, 1.82) is 0 Å². The zero-order chi connectivity index (χ0) is 23.8. The molecule has 1 saturated carbocycles. The Morgan fingerprint density at radius 2 is 1.97 bits per heavy atom. The number of benzene rings is 1. The zero-order valence-corrected chi connectivity index (χ0v) is 18.7. The van der Waals surface area contributed by atoms with Crippen LogP contribution in [0.4, 0.5) is 24.9 Å². The average molecular weight is 504 g/mol. The average Bonchev–Trinajstić information content (AvgIpc) is 3.27. The Kier molecular flexibility index (Phi) is 6.65. The molecule has 1 aromatic carbocycles. The van der Waals surface area contributed by atoms with Crippen LogP contribution >= 0.6 is 22.9 Å². The molecule has 0 aliphatic heterocycles. The summed E-state index contributed by atoms with van der Waals surface area (Å²) in [6.07, 6.45) is -6.30. The van der Waals surface area contributed by atoms with Crippen LogP contribution in [0.3, 0.4) is 0 Å². The summed E-state index contributed by atoms with van der Waals surface area (Å²) < 4.78 is 38.5. The summed E-state index contributed by atoms with van der Waals surface area (Å²) in [4.78, 5) is 12.8. The lowest BCUT2D eigenvalue weighted by atomic mass is 10.0. The van der Waals surface area contributed by atoms with Crippen LogP contribution in [0.2, 0.25) is 5.15 Å². The molecule has 3 aromatic rings. The van der Waals surface area contributed by atoms with Gasteiger partial charge in [0.1, 0.15) is 22.1 Å². The number of aliphatic hydroxyl groups is 3. The Balaban J connectivity index is 1.73. The quantitative estimate of drug-likeness (QED) is 0.245. The molecule has 4 rings (SSSR count). The van der Waals surface area contributed by atoms with Crippen molar-refractivity contribution in [2.45, 2.75) is 37.3 Å². The van der Waals surface area contributed by atoms with Gasteiger partial charge in [-0.05, 0) is 25.0 Å². The van der Waals surface area contributed by atoms with Crippen LogP contribution in [0, 0.1) is 5.92 Å². The Labute approximate surface area is 195 Å². The van der Waals surface area contributed by atoms with Gasteiger partial charge in [0.05, 0.1) is 22.2 Å². The predicted octanol–water partition coefficient (Wildman–Crippen LogP) is 3.63. The molecule has 2 heterocycles. The van der Waals surface area contributed by atoms with Crippen molar-refractivity contribution in [2.75, 3.05) is 23.8 Å². The number of rotatable bonds is 7. The number of aliphatic hydroxyl groups excluding tert-OH is 2. The van der Waals surface area contributed by atoms with Crippen molar-refractivity contribution >= 4 is 44.9 Å². The van der Waals surface area contributed by atoms with E-state index in [4.69, 9.17) is 11.6 Å². The first-order valence-corrected chi connectivity index (χ1v) is 11.3. The normalized spacial score (nSPS) is 23.2. The summed E-state index contributed by atoms with van der Waals surface area (Å²) in [6, 6.07) is 7.35. The van der Waals surface area contributed by atoms with E-state index in [1.165, 1.54) is 11.3 Å². The third kappa shape index (κ3) is 5.14. The Bertz CT molecular complexity index is 1110. The molecule has 5 N–H and O–H groups in total. The van der Waals surface area contributed by atoms with E-state index in [1.807, 2.05) is 24.3 Å². The van der Waals surface area contributed by atoms with E-state index in [1.54, 1.807) is 0 Å². The van der Waals surface area contributed by atoms with Crippen LogP contribution in [0.25, 0.3) is 20.8 Å². The molecule has 178 valence electrons. The molecule has 0 amide bonds. The largest absolute Gasteiger partial charge is 0.396 e. The van der Waals surface area contributed by atoms with Crippen LogP contribution in [0.15, 0.2) is 24.3 Å². The van der Waals surface area contributed by atoms with Gasteiger partial charge in [-0.25, -0.2) is 9.97 Å². The molecule has 0 radical (unpaired) electrons. The van der Waals surface area contributed by atoms with Gasteiger partial charge in [-0.1, -0.05) is 23.7 Å². The third-order valence-electron chi connectivity index (χ3n) is 5.47. The molecule has 1 aliphatic carbocycles. The van der Waals surface area contributed by atoms with E-state index in [2.05, 4.69) is 25.6 Å². The number of fused-ring (bicyclic) bond motifs is 1. The number of para-hydroxylation sites is 1. The molecule has 0 bridgehead atoms. The van der Waals surface area contributed by atoms with Gasteiger partial charge in [0.15, 0.2) is 5.72 Å². The van der Waals surface area contributed by atoms with E-state index in [0.29, 0.717) is 16.9 Å². The summed E-state index contributed by atoms with van der Waals surface area (Å²) in [7, 11) is 0. The van der Waals surface area contributed by atoms with Crippen molar-refractivity contribution in [3.63, 3.8) is 0 Å². The second-order valence-electron chi connectivity index (χ2n) is 7.82. The van der Waals surface area contributed by atoms with E-state index in [0.717, 1.165) is 4.70 Å². The molecule has 33 heavy (non-hydrogen) atoms. The molecule has 13 heteroatoms. The number of hydrogen-bond acceptors (Lipinski definition) is 9. The van der Waals surface area contributed by atoms with Gasteiger partial charge in [-0.3, -0.25) is 0 Å². The van der Waals surface area contributed by atoms with Crippen LogP contribution < -0.4 is 10.6 Å². The van der Waals surface area contributed by atoms with Gasteiger partial charge in [0.25, 0.3) is 0 Å². The molecular formula is C20H21ClF3N5O3S. The van der Waals surface area contributed by atoms with Crippen molar-refractivity contribution in [3.8, 4) is 10.6 Å². The molecule has 3 unspecified atom stereocenters. The van der Waals surface area contributed by atoms with E-state index in [9.17, 15) is 28.5 Å². The fourth-order valence-corrected chi connectivity index (χ4v) is 5.05. The third-order valence-corrected chi connectivity index (χ3v) is 6.79. The minimum absolute atomic E-state index is 0.00343. The molecular weight excluding hydrogens is 483 g/mol. The highest BCUT2D eigenvalue weighted by Gasteiger charge is 2.47. The molecule has 1 aliphatic rings. The Morgan fingerprint density at radius 1 is 1.21 bits per heavy atom. The molecule has 0 saturated heterocycles. The fraction of sp³-hybridized carbons (Fsp3) is 0.450. The highest BCUT2D eigenvalue weighted by molar-refractivity contribution is 7.21. The topological polar surface area (TPSA) is 123 Å². The number of thiazole rings is 1. The zero-order valence-electron chi connectivity index (χ0n) is 17.1. The summed E-state index contributed by atoms with van der Waals surface area (Å²) in [5, 5.41) is 36.6. The minimum atomic E-state index is -4.36. The number of nitrogens with zero attached hydrogens (tertiary/aromatic N) is 3. The SMILES string of the molecule is OCC1CCC(O)(Nc2nc(NCCC(F)(F)F)nc(Cl)c2-c2nc3ccccc3s2)C1O. The first kappa shape index (κ1) is 23.9. The molecule has 0 spiro atoms. The van der Waals surface area contributed by atoms with Crippen LogP contribution in [0.5, 0.6) is 0 Å². The number of aromatic nitrogens is 3. The van der Waals surface area contributed by atoms with Gasteiger partial charge in [-0.15, -0.1) is 11.3 Å². The summed E-state index contributed by atoms with van der Waals surface area (Å²) in [5.74, 6) is -0.717.